The first kappa shape index (κ1) is 27.0. The van der Waals surface area contributed by atoms with Crippen molar-refractivity contribution in [3.05, 3.63) is 65.4 Å². The molecule has 0 radical (unpaired) electrons. The highest BCUT2D eigenvalue weighted by Gasteiger charge is 2.39. The van der Waals surface area contributed by atoms with E-state index in [1.165, 1.54) is 17.2 Å². The molecule has 0 saturated heterocycles. The van der Waals surface area contributed by atoms with Crippen LogP contribution in [0.15, 0.2) is 59.9 Å². The summed E-state index contributed by atoms with van der Waals surface area (Å²) in [6.07, 6.45) is 10.2. The Labute approximate surface area is 200 Å². The van der Waals surface area contributed by atoms with Crippen LogP contribution >= 0.6 is 0 Å². The van der Waals surface area contributed by atoms with Crippen LogP contribution in [0.3, 0.4) is 0 Å². The summed E-state index contributed by atoms with van der Waals surface area (Å²) in [6.45, 7) is 11.4. The molecule has 180 valence electrons. The molecule has 1 aliphatic rings. The molecule has 2 rings (SSSR count). The molecule has 1 aromatic carbocycles. The van der Waals surface area contributed by atoms with E-state index in [4.69, 9.17) is 9.53 Å². The van der Waals surface area contributed by atoms with E-state index in [-0.39, 0.29) is 29.3 Å². The number of rotatable bonds is 12. The zero-order chi connectivity index (χ0) is 24.5. The van der Waals surface area contributed by atoms with Crippen LogP contribution < -0.4 is 0 Å². The van der Waals surface area contributed by atoms with E-state index in [1.54, 1.807) is 0 Å². The fraction of sp³-hybridized carbons (Fsp3) is 0.536. The van der Waals surface area contributed by atoms with Gasteiger partial charge in [-0.15, -0.1) is 5.73 Å². The molecular formula is C28H40O4Si. The van der Waals surface area contributed by atoms with Crippen molar-refractivity contribution in [2.75, 3.05) is 0 Å². The second-order valence-electron chi connectivity index (χ2n) is 10.5. The van der Waals surface area contributed by atoms with Gasteiger partial charge in [-0.1, -0.05) is 62.8 Å². The first-order valence-electron chi connectivity index (χ1n) is 12.0. The molecule has 0 amide bonds. The number of carbonyl (C=O) groups excluding carboxylic acids is 1. The number of ketones is 1. The van der Waals surface area contributed by atoms with E-state index in [0.717, 1.165) is 32.1 Å². The highest BCUT2D eigenvalue weighted by Crippen LogP contribution is 2.39. The fourth-order valence-corrected chi connectivity index (χ4v) is 5.30. The lowest BCUT2D eigenvalue weighted by Gasteiger charge is -2.39. The van der Waals surface area contributed by atoms with Crippen LogP contribution in [0.2, 0.25) is 18.1 Å². The summed E-state index contributed by atoms with van der Waals surface area (Å²) < 4.78 is 6.83. The van der Waals surface area contributed by atoms with Gasteiger partial charge in [0.25, 0.3) is 0 Å². The third kappa shape index (κ3) is 8.92. The first-order valence-corrected chi connectivity index (χ1v) is 14.9. The number of aliphatic carboxylic acids is 1. The largest absolute Gasteiger partial charge is 0.481 e. The summed E-state index contributed by atoms with van der Waals surface area (Å²) in [5.41, 5.74) is 5.43. The average Bonchev–Trinajstić information content (AvgIpc) is 3.08. The van der Waals surface area contributed by atoms with E-state index >= 15 is 0 Å². The highest BCUT2D eigenvalue weighted by molar-refractivity contribution is 6.74. The predicted octanol–water partition coefficient (Wildman–Crippen LogP) is 6.88. The zero-order valence-corrected chi connectivity index (χ0v) is 21.9. The van der Waals surface area contributed by atoms with Gasteiger partial charge in [0.05, 0.1) is 6.42 Å². The Bertz CT molecular complexity index is 886. The second kappa shape index (κ2) is 12.3. The standard InChI is InChI=1S/C28H40O4Si/c1-28(2,3)33(4,5)32-24(21-22-13-9-8-10-14-22)19-17-23-18-20-26(29)25(23)15-11-6-7-12-16-27(30)31/h6,8-10,12-14,18,24-25H,11,15-17,19-21H2,1-5H3,(H,30,31)/t7?,24?,25-/m1/s1. The van der Waals surface area contributed by atoms with Crippen LogP contribution in [0.25, 0.3) is 0 Å². The molecule has 0 saturated carbocycles. The summed E-state index contributed by atoms with van der Waals surface area (Å²) in [5.74, 6) is -0.609. The molecule has 33 heavy (non-hydrogen) atoms. The second-order valence-corrected chi connectivity index (χ2v) is 15.2. The molecule has 0 fully saturated rings. The fourth-order valence-electron chi connectivity index (χ4n) is 3.91. The lowest BCUT2D eigenvalue weighted by atomic mass is 9.90. The predicted molar refractivity (Wildman–Crippen MR) is 137 cm³/mol. The molecule has 5 heteroatoms. The molecule has 1 unspecified atom stereocenters. The van der Waals surface area contributed by atoms with E-state index in [9.17, 15) is 9.59 Å². The third-order valence-corrected chi connectivity index (χ3v) is 11.4. The minimum Gasteiger partial charge on any atom is -0.481 e. The third-order valence-electron chi connectivity index (χ3n) is 6.84. The molecule has 0 spiro atoms. The quantitative estimate of drug-likeness (QED) is 0.206. The van der Waals surface area contributed by atoms with Gasteiger partial charge in [0.15, 0.2) is 8.32 Å². The zero-order valence-electron chi connectivity index (χ0n) is 20.9. The Hall–Kier alpha value is -2.20. The van der Waals surface area contributed by atoms with Crippen molar-refractivity contribution < 1.29 is 19.1 Å². The average molecular weight is 469 g/mol. The van der Waals surface area contributed by atoms with E-state index in [0.29, 0.717) is 6.42 Å². The lowest BCUT2D eigenvalue weighted by Crippen LogP contribution is -2.44. The molecule has 1 aromatic rings. The minimum absolute atomic E-state index is 0.0267. The van der Waals surface area contributed by atoms with Crippen molar-refractivity contribution in [2.24, 2.45) is 5.92 Å². The SMILES string of the molecule is CC(C)(C)[Si](C)(C)OC(CCC1=CCC(=O)[C@@H]1CCC=C=CCC(=O)O)Cc1ccccc1. The minimum atomic E-state index is -1.92. The molecule has 4 nitrogen and oxygen atoms in total. The number of allylic oxidation sites excluding steroid dienone is 2. The number of hydrogen-bond acceptors (Lipinski definition) is 3. The van der Waals surface area contributed by atoms with Gasteiger partial charge < -0.3 is 9.53 Å². The van der Waals surface area contributed by atoms with Crippen molar-refractivity contribution in [2.45, 2.75) is 90.0 Å². The molecule has 1 N–H and O–H groups in total. The number of Topliss-reactive ketones (excluding diaryl/α,β-unsaturated/α-hetero) is 1. The Morgan fingerprint density at radius 2 is 1.94 bits per heavy atom. The smallest absolute Gasteiger partial charge is 0.307 e. The molecule has 0 aliphatic heterocycles. The maximum absolute atomic E-state index is 12.5. The Balaban J connectivity index is 2.02. The number of carboxylic acid groups (broad SMARTS) is 1. The Morgan fingerprint density at radius 3 is 2.58 bits per heavy atom. The van der Waals surface area contributed by atoms with Gasteiger partial charge >= 0.3 is 5.97 Å². The molecule has 0 heterocycles. The van der Waals surface area contributed by atoms with E-state index in [1.807, 2.05) is 12.1 Å². The van der Waals surface area contributed by atoms with Gasteiger partial charge in [0.2, 0.25) is 0 Å². The summed E-state index contributed by atoms with van der Waals surface area (Å²) in [5, 5.41) is 8.83. The number of hydrogen-bond donors (Lipinski definition) is 1. The van der Waals surface area contributed by atoms with Gasteiger partial charge in [-0.2, -0.15) is 0 Å². The van der Waals surface area contributed by atoms with Crippen molar-refractivity contribution in [1.29, 1.82) is 0 Å². The van der Waals surface area contributed by atoms with Gasteiger partial charge in [-0.3, -0.25) is 9.59 Å². The summed E-state index contributed by atoms with van der Waals surface area (Å²) >= 11 is 0. The van der Waals surface area contributed by atoms with Crippen LogP contribution in [-0.4, -0.2) is 31.3 Å². The van der Waals surface area contributed by atoms with Gasteiger partial charge in [-0.25, -0.2) is 0 Å². The monoisotopic (exact) mass is 468 g/mol. The van der Waals surface area contributed by atoms with Crippen LogP contribution in [0.4, 0.5) is 0 Å². The highest BCUT2D eigenvalue weighted by atomic mass is 28.4. The van der Waals surface area contributed by atoms with Gasteiger partial charge in [-0.05, 0) is 68.0 Å². The normalized spacial score (nSPS) is 17.3. The topological polar surface area (TPSA) is 63.6 Å². The number of benzene rings is 1. The number of carbonyl (C=O) groups is 2. The van der Waals surface area contributed by atoms with Gasteiger partial charge in [0, 0.05) is 18.4 Å². The van der Waals surface area contributed by atoms with Crippen LogP contribution in [-0.2, 0) is 20.4 Å². The molecule has 0 aromatic heterocycles. The molecule has 2 atom stereocenters. The summed E-state index contributed by atoms with van der Waals surface area (Å²) in [6, 6.07) is 10.5. The van der Waals surface area contributed by atoms with Crippen LogP contribution in [0.5, 0.6) is 0 Å². The summed E-state index contributed by atoms with van der Waals surface area (Å²) in [7, 11) is -1.92. The summed E-state index contributed by atoms with van der Waals surface area (Å²) in [4.78, 5) is 23.1. The van der Waals surface area contributed by atoms with Crippen molar-refractivity contribution in [1.82, 2.24) is 0 Å². The molecular weight excluding hydrogens is 428 g/mol. The van der Waals surface area contributed by atoms with Crippen LogP contribution in [0, 0.1) is 5.92 Å². The van der Waals surface area contributed by atoms with Gasteiger partial charge in [0.1, 0.15) is 5.78 Å². The van der Waals surface area contributed by atoms with Crippen LogP contribution in [0.1, 0.15) is 64.9 Å². The maximum atomic E-state index is 12.5. The number of carboxylic acids is 1. The van der Waals surface area contributed by atoms with Crippen molar-refractivity contribution in [3.63, 3.8) is 0 Å². The van der Waals surface area contributed by atoms with Crippen molar-refractivity contribution >= 4 is 20.1 Å². The lowest BCUT2D eigenvalue weighted by molar-refractivity contribution is -0.136. The first-order chi connectivity index (χ1) is 15.5. The van der Waals surface area contributed by atoms with E-state index in [2.05, 4.69) is 69.9 Å². The van der Waals surface area contributed by atoms with E-state index < -0.39 is 14.3 Å². The molecule has 0 bridgehead atoms. The Morgan fingerprint density at radius 1 is 1.24 bits per heavy atom. The van der Waals surface area contributed by atoms with Crippen molar-refractivity contribution in [3.8, 4) is 0 Å². The maximum Gasteiger partial charge on any atom is 0.307 e. The molecule has 1 aliphatic carbocycles. The Kier molecular flexibility index (Phi) is 10.1.